The maximum Gasteiger partial charge on any atom is 0.115 e. The van der Waals surface area contributed by atoms with Gasteiger partial charge in [-0.3, -0.25) is 0 Å². The first-order valence-corrected chi connectivity index (χ1v) is 7.25. The fourth-order valence-corrected chi connectivity index (χ4v) is 2.45. The lowest BCUT2D eigenvalue weighted by Gasteiger charge is -2.08. The standard InChI is InChI=1S/C17H18N4O/c18-12-16-17(11-6-13-4-2-1-3-5-13)21(20-19-16)14-7-9-15(22)10-8-14/h1-5,7-10,22H,6,11-12,18H2. The van der Waals surface area contributed by atoms with Gasteiger partial charge in [-0.05, 0) is 42.7 Å². The summed E-state index contributed by atoms with van der Waals surface area (Å²) in [6.45, 7) is 0.363. The quantitative estimate of drug-likeness (QED) is 0.756. The second kappa shape index (κ2) is 6.41. The number of rotatable bonds is 5. The number of benzene rings is 2. The Hall–Kier alpha value is -2.66. The molecule has 0 fully saturated rings. The van der Waals surface area contributed by atoms with Gasteiger partial charge in [-0.2, -0.15) is 0 Å². The number of phenolic OH excluding ortho intramolecular Hbond substituents is 1. The predicted octanol–water partition coefficient (Wildman–Crippen LogP) is 2.22. The molecule has 0 bridgehead atoms. The Labute approximate surface area is 129 Å². The number of aromatic nitrogens is 3. The van der Waals surface area contributed by atoms with Gasteiger partial charge >= 0.3 is 0 Å². The first kappa shape index (κ1) is 14.3. The third-order valence-corrected chi connectivity index (χ3v) is 3.62. The minimum atomic E-state index is 0.230. The van der Waals surface area contributed by atoms with Gasteiger partial charge < -0.3 is 10.8 Å². The number of aryl methyl sites for hydroxylation is 1. The molecule has 2 aromatic carbocycles. The highest BCUT2D eigenvalue weighted by atomic mass is 16.3. The molecule has 0 aliphatic carbocycles. The summed E-state index contributed by atoms with van der Waals surface area (Å²) in [4.78, 5) is 0. The summed E-state index contributed by atoms with van der Waals surface area (Å²) in [5.41, 5.74) is 9.74. The van der Waals surface area contributed by atoms with Crippen LogP contribution in [0, 0.1) is 0 Å². The lowest BCUT2D eigenvalue weighted by Crippen LogP contribution is -2.07. The zero-order valence-electron chi connectivity index (χ0n) is 12.2. The van der Waals surface area contributed by atoms with E-state index in [9.17, 15) is 5.11 Å². The lowest BCUT2D eigenvalue weighted by atomic mass is 10.1. The smallest absolute Gasteiger partial charge is 0.115 e. The lowest BCUT2D eigenvalue weighted by molar-refractivity contribution is 0.475. The summed E-state index contributed by atoms with van der Waals surface area (Å²) in [6, 6.07) is 17.2. The molecular weight excluding hydrogens is 276 g/mol. The van der Waals surface area contributed by atoms with E-state index in [4.69, 9.17) is 5.73 Å². The van der Waals surface area contributed by atoms with E-state index in [-0.39, 0.29) is 5.75 Å². The van der Waals surface area contributed by atoms with Crippen LogP contribution in [0.3, 0.4) is 0 Å². The summed E-state index contributed by atoms with van der Waals surface area (Å²) >= 11 is 0. The second-order valence-corrected chi connectivity index (χ2v) is 5.10. The molecule has 5 heteroatoms. The number of aromatic hydroxyl groups is 1. The van der Waals surface area contributed by atoms with Crippen LogP contribution in [0.15, 0.2) is 54.6 Å². The van der Waals surface area contributed by atoms with Gasteiger partial charge in [-0.1, -0.05) is 35.5 Å². The van der Waals surface area contributed by atoms with E-state index in [0.717, 1.165) is 29.9 Å². The first-order chi connectivity index (χ1) is 10.8. The largest absolute Gasteiger partial charge is 0.508 e. The molecule has 5 nitrogen and oxygen atoms in total. The van der Waals surface area contributed by atoms with Gasteiger partial charge in [0.2, 0.25) is 0 Å². The Kier molecular flexibility index (Phi) is 4.16. The Morgan fingerprint density at radius 2 is 1.68 bits per heavy atom. The molecule has 3 rings (SSSR count). The number of hydrogen-bond acceptors (Lipinski definition) is 4. The molecule has 0 unspecified atom stereocenters. The van der Waals surface area contributed by atoms with Gasteiger partial charge in [0, 0.05) is 6.54 Å². The van der Waals surface area contributed by atoms with Crippen LogP contribution in [0.2, 0.25) is 0 Å². The van der Waals surface area contributed by atoms with Gasteiger partial charge in [0.05, 0.1) is 17.1 Å². The Morgan fingerprint density at radius 1 is 0.955 bits per heavy atom. The summed E-state index contributed by atoms with van der Waals surface area (Å²) in [5.74, 6) is 0.230. The molecule has 0 aliphatic rings. The molecule has 3 N–H and O–H groups in total. The first-order valence-electron chi connectivity index (χ1n) is 7.25. The number of nitrogens with two attached hydrogens (primary N) is 1. The van der Waals surface area contributed by atoms with Crippen molar-refractivity contribution >= 4 is 0 Å². The average molecular weight is 294 g/mol. The van der Waals surface area contributed by atoms with Crippen molar-refractivity contribution in [1.82, 2.24) is 15.0 Å². The SMILES string of the molecule is NCc1nnn(-c2ccc(O)cc2)c1CCc1ccccc1. The molecule has 0 atom stereocenters. The topological polar surface area (TPSA) is 77.0 Å². The van der Waals surface area contributed by atoms with Crippen molar-refractivity contribution in [3.8, 4) is 11.4 Å². The van der Waals surface area contributed by atoms with Crippen molar-refractivity contribution in [1.29, 1.82) is 0 Å². The molecule has 22 heavy (non-hydrogen) atoms. The van der Waals surface area contributed by atoms with E-state index < -0.39 is 0 Å². The highest BCUT2D eigenvalue weighted by Crippen LogP contribution is 2.18. The molecule has 0 aliphatic heterocycles. The molecule has 1 heterocycles. The maximum atomic E-state index is 9.41. The van der Waals surface area contributed by atoms with E-state index in [1.165, 1.54) is 5.56 Å². The molecule has 3 aromatic rings. The minimum Gasteiger partial charge on any atom is -0.508 e. The van der Waals surface area contributed by atoms with Crippen molar-refractivity contribution in [2.24, 2.45) is 5.73 Å². The minimum absolute atomic E-state index is 0.230. The molecule has 0 radical (unpaired) electrons. The van der Waals surface area contributed by atoms with Crippen molar-refractivity contribution in [2.75, 3.05) is 0 Å². The van der Waals surface area contributed by atoms with E-state index in [1.54, 1.807) is 16.8 Å². The molecule has 0 saturated heterocycles. The van der Waals surface area contributed by atoms with Gasteiger partial charge in [0.25, 0.3) is 0 Å². The Morgan fingerprint density at radius 3 is 2.36 bits per heavy atom. The van der Waals surface area contributed by atoms with Gasteiger partial charge in [-0.15, -0.1) is 5.10 Å². The van der Waals surface area contributed by atoms with Gasteiger partial charge in [-0.25, -0.2) is 4.68 Å². The number of phenols is 1. The van der Waals surface area contributed by atoms with Crippen molar-refractivity contribution < 1.29 is 5.11 Å². The third kappa shape index (κ3) is 2.99. The second-order valence-electron chi connectivity index (χ2n) is 5.10. The van der Waals surface area contributed by atoms with Crippen molar-refractivity contribution in [2.45, 2.75) is 19.4 Å². The van der Waals surface area contributed by atoms with E-state index in [2.05, 4.69) is 22.4 Å². The fraction of sp³-hybridized carbons (Fsp3) is 0.176. The van der Waals surface area contributed by atoms with Crippen molar-refractivity contribution in [3.63, 3.8) is 0 Å². The van der Waals surface area contributed by atoms with Crippen LogP contribution in [-0.4, -0.2) is 20.1 Å². The van der Waals surface area contributed by atoms with Crippen LogP contribution < -0.4 is 5.73 Å². The number of nitrogens with zero attached hydrogens (tertiary/aromatic N) is 3. The van der Waals surface area contributed by atoms with Crippen LogP contribution in [-0.2, 0) is 19.4 Å². The van der Waals surface area contributed by atoms with E-state index >= 15 is 0 Å². The Balaban J connectivity index is 1.88. The van der Waals surface area contributed by atoms with Crippen LogP contribution in [0.1, 0.15) is 17.0 Å². The highest BCUT2D eigenvalue weighted by Gasteiger charge is 2.13. The molecule has 0 amide bonds. The zero-order valence-corrected chi connectivity index (χ0v) is 12.2. The fourth-order valence-electron chi connectivity index (χ4n) is 2.45. The third-order valence-electron chi connectivity index (χ3n) is 3.62. The maximum absolute atomic E-state index is 9.41. The molecular formula is C17H18N4O. The summed E-state index contributed by atoms with van der Waals surface area (Å²) in [6.07, 6.45) is 1.71. The normalized spacial score (nSPS) is 10.8. The van der Waals surface area contributed by atoms with Crippen molar-refractivity contribution in [3.05, 3.63) is 71.5 Å². The predicted molar refractivity (Wildman–Crippen MR) is 84.8 cm³/mol. The highest BCUT2D eigenvalue weighted by molar-refractivity contribution is 5.38. The van der Waals surface area contributed by atoms with Crippen LogP contribution in [0.4, 0.5) is 0 Å². The molecule has 112 valence electrons. The summed E-state index contributed by atoms with van der Waals surface area (Å²) < 4.78 is 1.80. The van der Waals surface area contributed by atoms with Gasteiger partial charge in [0.15, 0.2) is 0 Å². The summed E-state index contributed by atoms with van der Waals surface area (Å²) in [5, 5.41) is 17.8. The van der Waals surface area contributed by atoms with Crippen LogP contribution >= 0.6 is 0 Å². The molecule has 0 spiro atoms. The zero-order chi connectivity index (χ0) is 15.4. The molecule has 1 aromatic heterocycles. The monoisotopic (exact) mass is 294 g/mol. The van der Waals surface area contributed by atoms with Gasteiger partial charge in [0.1, 0.15) is 5.75 Å². The van der Waals surface area contributed by atoms with E-state index in [1.807, 2.05) is 30.3 Å². The van der Waals surface area contributed by atoms with Crippen LogP contribution in [0.25, 0.3) is 5.69 Å². The van der Waals surface area contributed by atoms with Crippen LogP contribution in [0.5, 0.6) is 5.75 Å². The molecule has 0 saturated carbocycles. The Bertz CT molecular complexity index is 735. The van der Waals surface area contributed by atoms with E-state index in [0.29, 0.717) is 6.54 Å². The number of hydrogen-bond donors (Lipinski definition) is 2. The summed E-state index contributed by atoms with van der Waals surface area (Å²) in [7, 11) is 0. The average Bonchev–Trinajstić information content (AvgIpc) is 2.97.